The van der Waals surface area contributed by atoms with E-state index in [-0.39, 0.29) is 17.3 Å². The van der Waals surface area contributed by atoms with Crippen molar-refractivity contribution < 1.29 is 14.3 Å². The molecule has 25 heavy (non-hydrogen) atoms. The quantitative estimate of drug-likeness (QED) is 0.225. The lowest BCUT2D eigenvalue weighted by Crippen LogP contribution is -2.15. The van der Waals surface area contributed by atoms with Gasteiger partial charge in [-0.2, -0.15) is 0 Å². The number of rotatable bonds is 14. The first-order chi connectivity index (χ1) is 12.2. The van der Waals surface area contributed by atoms with E-state index in [9.17, 15) is 9.59 Å². The average molecular weight is 347 g/mol. The summed E-state index contributed by atoms with van der Waals surface area (Å²) < 4.78 is 4.97. The van der Waals surface area contributed by atoms with E-state index in [4.69, 9.17) is 4.74 Å². The first kappa shape index (κ1) is 21.4. The number of Topliss-reactive ketones (excluding diaryl/α,β-unsaturated/α-hetero) is 1. The summed E-state index contributed by atoms with van der Waals surface area (Å²) in [6.07, 6.45) is 21.5. The Hall–Kier alpha value is -1.64. The van der Waals surface area contributed by atoms with Crippen molar-refractivity contribution >= 4 is 11.6 Å². The second kappa shape index (κ2) is 13.6. The van der Waals surface area contributed by atoms with Crippen LogP contribution in [0.5, 0.6) is 0 Å². The van der Waals surface area contributed by atoms with Crippen molar-refractivity contribution in [2.45, 2.75) is 84.0 Å². The average Bonchev–Trinajstić information content (AvgIpc) is 2.61. The topological polar surface area (TPSA) is 43.4 Å². The van der Waals surface area contributed by atoms with E-state index >= 15 is 0 Å². The fraction of sp³-hybridized carbons (Fsp3) is 0.636. The zero-order valence-electron chi connectivity index (χ0n) is 16.0. The summed E-state index contributed by atoms with van der Waals surface area (Å²) >= 11 is 0. The van der Waals surface area contributed by atoms with E-state index in [1.807, 2.05) is 0 Å². The zero-order valence-corrected chi connectivity index (χ0v) is 16.0. The van der Waals surface area contributed by atoms with Crippen LogP contribution in [0.25, 0.3) is 0 Å². The minimum atomic E-state index is -0.143. The second-order valence-corrected chi connectivity index (χ2v) is 6.74. The lowest BCUT2D eigenvalue weighted by atomic mass is 9.96. The summed E-state index contributed by atoms with van der Waals surface area (Å²) in [4.78, 5) is 23.6. The number of unbranched alkanes of at least 4 members (excludes halogenated alkanes) is 9. The smallest absolute Gasteiger partial charge is 0.223 e. The number of allylic oxidation sites excluding steroid dienone is 5. The van der Waals surface area contributed by atoms with E-state index in [1.165, 1.54) is 77.0 Å². The van der Waals surface area contributed by atoms with Gasteiger partial charge in [-0.3, -0.25) is 9.59 Å². The Morgan fingerprint density at radius 3 is 2.08 bits per heavy atom. The molecule has 1 aliphatic rings. The van der Waals surface area contributed by atoms with Crippen LogP contribution in [0.2, 0.25) is 0 Å². The van der Waals surface area contributed by atoms with Crippen LogP contribution in [0.1, 0.15) is 84.0 Å². The van der Waals surface area contributed by atoms with E-state index in [0.717, 1.165) is 12.8 Å². The number of carbonyl (C=O) groups is 2. The molecule has 0 amide bonds. The number of ether oxygens (including phenoxy) is 1. The van der Waals surface area contributed by atoms with Crippen molar-refractivity contribution in [3.63, 3.8) is 0 Å². The maximum atomic E-state index is 12.0. The van der Waals surface area contributed by atoms with E-state index in [1.54, 1.807) is 0 Å². The standard InChI is InChI=1S/C22H34O3/c1-3-4-5-6-7-8-9-10-11-12-13-14-15-16-19-17-20(23)18-21(25-2)22(19)24/h6-7,17-18H,3-5,8-16H2,1-2H3/b7-6+. The van der Waals surface area contributed by atoms with Crippen molar-refractivity contribution in [1.29, 1.82) is 0 Å². The maximum absolute atomic E-state index is 12.0. The minimum Gasteiger partial charge on any atom is -0.493 e. The Morgan fingerprint density at radius 2 is 1.44 bits per heavy atom. The number of hydrogen-bond donors (Lipinski definition) is 0. The van der Waals surface area contributed by atoms with Crippen LogP contribution in [0.4, 0.5) is 0 Å². The summed E-state index contributed by atoms with van der Waals surface area (Å²) in [5.41, 5.74) is 0.596. The fourth-order valence-electron chi connectivity index (χ4n) is 2.99. The maximum Gasteiger partial charge on any atom is 0.223 e. The molecule has 1 aliphatic carbocycles. The summed E-state index contributed by atoms with van der Waals surface area (Å²) in [5, 5.41) is 0. The lowest BCUT2D eigenvalue weighted by molar-refractivity contribution is -0.117. The third kappa shape index (κ3) is 9.42. The van der Waals surface area contributed by atoms with Gasteiger partial charge in [-0.05, 0) is 38.2 Å². The Morgan fingerprint density at radius 1 is 0.840 bits per heavy atom. The molecule has 0 unspecified atom stereocenters. The van der Waals surface area contributed by atoms with Crippen LogP contribution in [-0.4, -0.2) is 18.7 Å². The number of hydrogen-bond acceptors (Lipinski definition) is 3. The highest BCUT2D eigenvalue weighted by Crippen LogP contribution is 2.20. The molecule has 0 bridgehead atoms. The van der Waals surface area contributed by atoms with E-state index in [0.29, 0.717) is 12.0 Å². The van der Waals surface area contributed by atoms with E-state index < -0.39 is 0 Å². The van der Waals surface area contributed by atoms with Gasteiger partial charge in [0.25, 0.3) is 0 Å². The van der Waals surface area contributed by atoms with Crippen LogP contribution < -0.4 is 0 Å². The van der Waals surface area contributed by atoms with Gasteiger partial charge < -0.3 is 4.74 Å². The summed E-state index contributed by atoms with van der Waals surface area (Å²) in [7, 11) is 1.43. The molecule has 0 saturated carbocycles. The summed E-state index contributed by atoms with van der Waals surface area (Å²) in [6.45, 7) is 2.23. The molecule has 0 saturated heterocycles. The van der Waals surface area contributed by atoms with Gasteiger partial charge in [-0.25, -0.2) is 0 Å². The zero-order chi connectivity index (χ0) is 18.3. The normalized spacial score (nSPS) is 14.8. The van der Waals surface area contributed by atoms with Crippen LogP contribution in [0, 0.1) is 0 Å². The Kier molecular flexibility index (Phi) is 11.7. The molecule has 0 aromatic carbocycles. The van der Waals surface area contributed by atoms with Gasteiger partial charge in [-0.15, -0.1) is 0 Å². The minimum absolute atomic E-state index is 0.130. The van der Waals surface area contributed by atoms with Crippen molar-refractivity contribution in [1.82, 2.24) is 0 Å². The van der Waals surface area contributed by atoms with Crippen LogP contribution in [-0.2, 0) is 14.3 Å². The van der Waals surface area contributed by atoms with Gasteiger partial charge in [-0.1, -0.05) is 64.0 Å². The molecular formula is C22H34O3. The van der Waals surface area contributed by atoms with Gasteiger partial charge in [0.1, 0.15) is 0 Å². The number of methoxy groups -OCH3 is 1. The first-order valence-electron chi connectivity index (χ1n) is 9.89. The van der Waals surface area contributed by atoms with Crippen LogP contribution >= 0.6 is 0 Å². The highest BCUT2D eigenvalue weighted by atomic mass is 16.5. The van der Waals surface area contributed by atoms with Gasteiger partial charge in [0.15, 0.2) is 11.5 Å². The van der Waals surface area contributed by atoms with E-state index in [2.05, 4.69) is 19.1 Å². The monoisotopic (exact) mass is 346 g/mol. The molecule has 0 atom stereocenters. The molecular weight excluding hydrogens is 312 g/mol. The summed E-state index contributed by atoms with van der Waals surface area (Å²) in [5.74, 6) is -0.101. The van der Waals surface area contributed by atoms with Gasteiger partial charge in [0.05, 0.1) is 7.11 Å². The van der Waals surface area contributed by atoms with Gasteiger partial charge in [0, 0.05) is 11.6 Å². The van der Waals surface area contributed by atoms with Crippen molar-refractivity contribution in [3.8, 4) is 0 Å². The lowest BCUT2D eigenvalue weighted by Gasteiger charge is -2.12. The molecule has 3 nitrogen and oxygen atoms in total. The molecule has 0 N–H and O–H groups in total. The van der Waals surface area contributed by atoms with Crippen LogP contribution in [0.3, 0.4) is 0 Å². The van der Waals surface area contributed by atoms with Crippen LogP contribution in [0.15, 0.2) is 35.6 Å². The molecule has 0 spiro atoms. The fourth-order valence-corrected chi connectivity index (χ4v) is 2.99. The molecule has 1 rings (SSSR count). The second-order valence-electron chi connectivity index (χ2n) is 6.74. The van der Waals surface area contributed by atoms with Crippen molar-refractivity contribution in [2.24, 2.45) is 0 Å². The van der Waals surface area contributed by atoms with Gasteiger partial charge >= 0.3 is 0 Å². The highest BCUT2D eigenvalue weighted by molar-refractivity contribution is 6.19. The molecule has 0 aliphatic heterocycles. The number of ketones is 2. The first-order valence-corrected chi connectivity index (χ1v) is 9.89. The Labute approximate surface area is 153 Å². The molecule has 0 heterocycles. The SMILES string of the molecule is CCCC/C=C/CCCCCCCCCC1=CC(=O)C=C(OC)C1=O. The van der Waals surface area contributed by atoms with Crippen molar-refractivity contribution in [2.75, 3.05) is 7.11 Å². The summed E-state index contributed by atoms with van der Waals surface area (Å²) in [6, 6.07) is 0. The molecule has 0 radical (unpaired) electrons. The molecule has 0 aromatic rings. The predicted octanol–water partition coefficient (Wildman–Crippen LogP) is 5.85. The molecule has 0 fully saturated rings. The number of carbonyl (C=O) groups excluding carboxylic acids is 2. The molecule has 3 heteroatoms. The third-order valence-corrected chi connectivity index (χ3v) is 4.53. The van der Waals surface area contributed by atoms with Crippen molar-refractivity contribution in [3.05, 3.63) is 35.6 Å². The van der Waals surface area contributed by atoms with Gasteiger partial charge in [0.2, 0.25) is 5.78 Å². The third-order valence-electron chi connectivity index (χ3n) is 4.53. The molecule has 0 aromatic heterocycles. The Balaban J connectivity index is 2.00. The largest absolute Gasteiger partial charge is 0.493 e. The Bertz CT molecular complexity index is 497. The predicted molar refractivity (Wildman–Crippen MR) is 103 cm³/mol. The molecule has 140 valence electrons. The highest BCUT2D eigenvalue weighted by Gasteiger charge is 2.21.